The van der Waals surface area contributed by atoms with Crippen molar-refractivity contribution >= 4 is 77.1 Å². The maximum absolute atomic E-state index is 11.8. The van der Waals surface area contributed by atoms with Crippen LogP contribution < -0.4 is 0 Å². The molecule has 5 aromatic rings. The van der Waals surface area contributed by atoms with Gasteiger partial charge in [0.2, 0.25) is 11.6 Å². The summed E-state index contributed by atoms with van der Waals surface area (Å²) in [6, 6.07) is 7.11. The molecule has 138 valence electrons. The number of aromatic hydroxyl groups is 2. The number of ketones is 2. The van der Waals surface area contributed by atoms with Gasteiger partial charge in [-0.1, -0.05) is 0 Å². The number of hydrogen-bond acceptors (Lipinski definition) is 8. The van der Waals surface area contributed by atoms with Gasteiger partial charge in [0.25, 0.3) is 0 Å². The van der Waals surface area contributed by atoms with E-state index < -0.39 is 0 Å². The Morgan fingerprint density at radius 1 is 0.571 bits per heavy atom. The van der Waals surface area contributed by atoms with Crippen molar-refractivity contribution in [1.82, 2.24) is 0 Å². The fraction of sp³-hybridized carbons (Fsp3) is 0. The standard InChI is InChI=1S/C10H6O2S2.C10H4O2S2/c2*11-7-5-1-3-13-9(5)8(12)6-2-4-14-10(6)7/h1-4,11-12H;1-4H. The van der Waals surface area contributed by atoms with Gasteiger partial charge in [0.1, 0.15) is 11.5 Å². The summed E-state index contributed by atoms with van der Waals surface area (Å²) in [5, 5.41) is 28.6. The van der Waals surface area contributed by atoms with Crippen LogP contribution in [0, 0.1) is 0 Å². The molecule has 0 saturated heterocycles. The number of carbonyl (C=O) groups is 2. The first-order chi connectivity index (χ1) is 13.6. The van der Waals surface area contributed by atoms with Crippen LogP contribution in [0.2, 0.25) is 0 Å². The molecule has 0 amide bonds. The smallest absolute Gasteiger partial charge is 0.205 e. The number of hydrogen-bond donors (Lipinski definition) is 2. The maximum Gasteiger partial charge on any atom is 0.205 e. The number of phenolic OH excluding ortho intramolecular Hbond substituents is 2. The molecule has 8 heteroatoms. The summed E-state index contributed by atoms with van der Waals surface area (Å²) in [4.78, 5) is 24.8. The predicted molar refractivity (Wildman–Crippen MR) is 116 cm³/mol. The number of thiophene rings is 4. The highest BCUT2D eigenvalue weighted by Gasteiger charge is 2.31. The monoisotopic (exact) mass is 442 g/mol. The fourth-order valence-corrected chi connectivity index (χ4v) is 6.57. The van der Waals surface area contributed by atoms with Crippen LogP contribution in [0.1, 0.15) is 30.5 Å². The second-order valence-corrected chi connectivity index (χ2v) is 9.67. The summed E-state index contributed by atoms with van der Waals surface area (Å²) >= 11 is 5.56. The first-order valence-electron chi connectivity index (χ1n) is 8.10. The average Bonchev–Trinajstić information content (AvgIpc) is 3.49. The van der Waals surface area contributed by atoms with Crippen LogP contribution in [0.4, 0.5) is 0 Å². The minimum Gasteiger partial charge on any atom is -0.506 e. The van der Waals surface area contributed by atoms with Crippen LogP contribution in [0.25, 0.3) is 20.2 Å². The molecule has 0 spiro atoms. The SMILES string of the molecule is O=C1c2ccsc2C(=O)c2ccsc21.Oc1c2ccsc2c(O)c2ccsc12. The molecule has 0 saturated carbocycles. The van der Waals surface area contributed by atoms with E-state index in [-0.39, 0.29) is 23.1 Å². The summed E-state index contributed by atoms with van der Waals surface area (Å²) in [6.07, 6.45) is 0. The van der Waals surface area contributed by atoms with Gasteiger partial charge in [0.15, 0.2) is 0 Å². The minimum absolute atomic E-state index is 0.00847. The third kappa shape index (κ3) is 2.46. The summed E-state index contributed by atoms with van der Waals surface area (Å²) in [7, 11) is 0. The Hall–Kier alpha value is -2.52. The topological polar surface area (TPSA) is 74.6 Å². The summed E-state index contributed by atoms with van der Waals surface area (Å²) in [5.41, 5.74) is 1.13. The van der Waals surface area contributed by atoms with E-state index in [9.17, 15) is 19.8 Å². The van der Waals surface area contributed by atoms with Crippen LogP contribution in [0.5, 0.6) is 11.5 Å². The van der Waals surface area contributed by atoms with E-state index in [2.05, 4.69) is 0 Å². The lowest BCUT2D eigenvalue weighted by Gasteiger charge is -2.08. The summed E-state index contributed by atoms with van der Waals surface area (Å²) in [6.45, 7) is 0. The second-order valence-electron chi connectivity index (χ2n) is 6.01. The molecule has 0 radical (unpaired) electrons. The zero-order chi connectivity index (χ0) is 19.4. The molecular weight excluding hydrogens is 432 g/mol. The molecular formula is C20H10O4S4. The molecule has 4 nitrogen and oxygen atoms in total. The Kier molecular flexibility index (Phi) is 4.09. The third-order valence-corrected chi connectivity index (χ3v) is 8.17. The molecule has 6 rings (SSSR count). The van der Waals surface area contributed by atoms with E-state index in [4.69, 9.17) is 0 Å². The van der Waals surface area contributed by atoms with Crippen molar-refractivity contribution in [2.75, 3.05) is 0 Å². The molecule has 0 bridgehead atoms. The number of benzene rings is 1. The molecule has 1 aliphatic carbocycles. The van der Waals surface area contributed by atoms with E-state index in [1.165, 1.54) is 45.3 Å². The number of carbonyl (C=O) groups excluding carboxylic acids is 2. The van der Waals surface area contributed by atoms with E-state index in [0.29, 0.717) is 20.9 Å². The highest BCUT2D eigenvalue weighted by atomic mass is 32.1. The lowest BCUT2D eigenvalue weighted by atomic mass is 9.96. The van der Waals surface area contributed by atoms with Crippen LogP contribution in [-0.2, 0) is 0 Å². The van der Waals surface area contributed by atoms with E-state index in [0.717, 1.165) is 20.2 Å². The Balaban J connectivity index is 0.000000122. The normalized spacial score (nSPS) is 12.7. The van der Waals surface area contributed by atoms with Gasteiger partial charge in [-0.3, -0.25) is 9.59 Å². The fourth-order valence-electron chi connectivity index (χ4n) is 3.18. The average molecular weight is 443 g/mol. The van der Waals surface area contributed by atoms with Crippen molar-refractivity contribution in [2.24, 2.45) is 0 Å². The Bertz CT molecular complexity index is 1190. The van der Waals surface area contributed by atoms with Crippen LogP contribution in [-0.4, -0.2) is 21.8 Å². The van der Waals surface area contributed by atoms with Crippen molar-refractivity contribution in [3.63, 3.8) is 0 Å². The van der Waals surface area contributed by atoms with Crippen molar-refractivity contribution in [1.29, 1.82) is 0 Å². The van der Waals surface area contributed by atoms with E-state index in [1.807, 2.05) is 22.9 Å². The van der Waals surface area contributed by atoms with Gasteiger partial charge in [0.05, 0.1) is 19.2 Å². The van der Waals surface area contributed by atoms with E-state index >= 15 is 0 Å². The van der Waals surface area contributed by atoms with Crippen LogP contribution in [0.15, 0.2) is 45.8 Å². The maximum atomic E-state index is 11.8. The minimum atomic E-state index is -0.00847. The van der Waals surface area contributed by atoms with Crippen LogP contribution in [0.3, 0.4) is 0 Å². The van der Waals surface area contributed by atoms with Gasteiger partial charge in [-0.25, -0.2) is 0 Å². The van der Waals surface area contributed by atoms with Crippen LogP contribution >= 0.6 is 45.3 Å². The molecule has 0 fully saturated rings. The second kappa shape index (κ2) is 6.52. The zero-order valence-corrected chi connectivity index (χ0v) is 17.2. The van der Waals surface area contributed by atoms with Crippen molar-refractivity contribution in [3.05, 3.63) is 66.7 Å². The van der Waals surface area contributed by atoms with Crippen molar-refractivity contribution in [2.45, 2.75) is 0 Å². The van der Waals surface area contributed by atoms with Gasteiger partial charge in [-0.05, 0) is 45.8 Å². The van der Waals surface area contributed by atoms with E-state index in [1.54, 1.807) is 22.9 Å². The predicted octanol–water partition coefficient (Wildman–Crippen LogP) is 6.11. The Morgan fingerprint density at radius 3 is 1.39 bits per heavy atom. The lowest BCUT2D eigenvalue weighted by molar-refractivity contribution is 0.0986. The first kappa shape index (κ1) is 17.6. The van der Waals surface area contributed by atoms with Crippen molar-refractivity contribution < 1.29 is 19.8 Å². The van der Waals surface area contributed by atoms with Crippen molar-refractivity contribution in [3.8, 4) is 11.5 Å². The quantitative estimate of drug-likeness (QED) is 0.278. The molecule has 0 unspecified atom stereocenters. The highest BCUT2D eigenvalue weighted by molar-refractivity contribution is 7.19. The van der Waals surface area contributed by atoms with Gasteiger partial charge in [-0.2, -0.15) is 0 Å². The highest BCUT2D eigenvalue weighted by Crippen LogP contribution is 2.45. The molecule has 0 atom stereocenters. The Morgan fingerprint density at radius 2 is 0.964 bits per heavy atom. The zero-order valence-electron chi connectivity index (χ0n) is 14.0. The number of rotatable bonds is 0. The van der Waals surface area contributed by atoms with Gasteiger partial charge >= 0.3 is 0 Å². The molecule has 1 aromatic carbocycles. The molecule has 2 N–H and O–H groups in total. The van der Waals surface area contributed by atoms with Gasteiger partial charge in [0, 0.05) is 21.9 Å². The summed E-state index contributed by atoms with van der Waals surface area (Å²) < 4.78 is 1.52. The molecule has 4 aromatic heterocycles. The number of phenols is 2. The third-order valence-electron chi connectivity index (χ3n) is 4.50. The van der Waals surface area contributed by atoms with Gasteiger partial charge < -0.3 is 10.2 Å². The molecule has 28 heavy (non-hydrogen) atoms. The largest absolute Gasteiger partial charge is 0.506 e. The molecule has 1 aliphatic rings. The summed E-state index contributed by atoms with van der Waals surface area (Å²) in [5.74, 6) is 0.546. The molecule has 4 heterocycles. The lowest BCUT2D eigenvalue weighted by Crippen LogP contribution is -2.15. The molecule has 0 aliphatic heterocycles. The number of fused-ring (bicyclic) bond motifs is 4. The van der Waals surface area contributed by atoms with Gasteiger partial charge in [-0.15, -0.1) is 45.3 Å². The Labute approximate surface area is 174 Å². The first-order valence-corrected chi connectivity index (χ1v) is 11.6.